The molecule has 4 aromatic carbocycles. The molecule has 54 heavy (non-hydrogen) atoms. The molecule has 0 saturated carbocycles. The van der Waals surface area contributed by atoms with Crippen molar-refractivity contribution in [3.63, 3.8) is 0 Å². The van der Waals surface area contributed by atoms with E-state index in [1.807, 2.05) is 6.07 Å². The van der Waals surface area contributed by atoms with Crippen LogP contribution in [0.3, 0.4) is 0 Å². The summed E-state index contributed by atoms with van der Waals surface area (Å²) >= 11 is 19.1. The number of aromatic nitrogens is 5. The number of amides is 2. The van der Waals surface area contributed by atoms with Crippen LogP contribution in [0.1, 0.15) is 75.9 Å². The number of benzene rings is 4. The molecule has 4 N–H and O–H groups in total. The Bertz CT molecular complexity index is 2420. The number of H-pyrrole nitrogens is 2. The molecule has 0 aliphatic heterocycles. The van der Waals surface area contributed by atoms with E-state index in [1.165, 1.54) is 23.8 Å². The summed E-state index contributed by atoms with van der Waals surface area (Å²) in [4.78, 5) is 41.1. The van der Waals surface area contributed by atoms with Gasteiger partial charge in [0.1, 0.15) is 28.3 Å². The third kappa shape index (κ3) is 7.75. The number of halogens is 3. The first-order valence-electron chi connectivity index (χ1n) is 17.4. The Morgan fingerprint density at radius 2 is 1.56 bits per heavy atom. The van der Waals surface area contributed by atoms with E-state index >= 15 is 0 Å². The van der Waals surface area contributed by atoms with E-state index in [-0.39, 0.29) is 55.1 Å². The van der Waals surface area contributed by atoms with Crippen molar-refractivity contribution in [1.82, 2.24) is 25.2 Å². The Balaban J connectivity index is 1.25. The van der Waals surface area contributed by atoms with Crippen molar-refractivity contribution in [2.75, 3.05) is 17.2 Å². The number of carbonyl (C=O) groups is 2. The van der Waals surface area contributed by atoms with E-state index in [1.54, 1.807) is 36.4 Å². The number of ether oxygens (including phenoxy) is 1. The molecular weight excluding hydrogens is 749 g/mol. The van der Waals surface area contributed by atoms with Gasteiger partial charge in [0, 0.05) is 27.4 Å². The summed E-state index contributed by atoms with van der Waals surface area (Å²) in [6, 6.07) is 20.7. The first-order valence-corrected chi connectivity index (χ1v) is 18.6. The van der Waals surface area contributed by atoms with Crippen molar-refractivity contribution in [3.8, 4) is 22.6 Å². The van der Waals surface area contributed by atoms with Gasteiger partial charge in [0.15, 0.2) is 6.61 Å². The Kier molecular flexibility index (Phi) is 11.0. The summed E-state index contributed by atoms with van der Waals surface area (Å²) in [7, 11) is 0. The molecule has 6 rings (SSSR count). The lowest BCUT2D eigenvalue weighted by Gasteiger charge is -2.30. The van der Waals surface area contributed by atoms with Crippen molar-refractivity contribution >= 4 is 69.2 Å². The van der Waals surface area contributed by atoms with Gasteiger partial charge in [-0.2, -0.15) is 15.4 Å². The van der Waals surface area contributed by atoms with Crippen LogP contribution >= 0.6 is 34.8 Å². The van der Waals surface area contributed by atoms with E-state index in [4.69, 9.17) is 39.5 Å². The number of aromatic amines is 2. The highest BCUT2D eigenvalue weighted by Gasteiger charge is 2.28. The topological polar surface area (TPSA) is 147 Å². The van der Waals surface area contributed by atoms with E-state index in [0.29, 0.717) is 28.0 Å². The first kappa shape index (κ1) is 38.6. The molecule has 0 fully saturated rings. The molecule has 0 unspecified atom stereocenters. The lowest BCUT2D eigenvalue weighted by atomic mass is 9.76. The van der Waals surface area contributed by atoms with Gasteiger partial charge < -0.3 is 15.4 Å². The van der Waals surface area contributed by atoms with Crippen LogP contribution in [-0.4, -0.2) is 43.6 Å². The van der Waals surface area contributed by atoms with Gasteiger partial charge >= 0.3 is 0 Å². The molecule has 0 saturated heterocycles. The Hall–Kier alpha value is -5.10. The minimum atomic E-state index is -0.570. The van der Waals surface area contributed by atoms with Crippen LogP contribution in [0.25, 0.3) is 27.8 Å². The van der Waals surface area contributed by atoms with Crippen LogP contribution in [0.15, 0.2) is 77.6 Å². The predicted molar refractivity (Wildman–Crippen MR) is 216 cm³/mol. The standard InChI is InChI=1S/C40H40Cl3N7O4/c1-7-39(3,4)23-15-16-31(27(18-23)40(5,6)8-2)54-21-32(51)44-25-12-9-11-22(17-25)37(52)45-36-33(26-13-10-14-30-34(26)47-49-46-30)38(53)50(48-36)35-28(42)19-24(41)20-29(35)43/h9-20,48H,7-8,21H2,1-6H3,(H,44,51)(H,45,52)(H,46,47,49). The van der Waals surface area contributed by atoms with E-state index < -0.39 is 17.4 Å². The fraction of sp³-hybridized carbons (Fsp3) is 0.275. The summed E-state index contributed by atoms with van der Waals surface area (Å²) in [6.45, 7) is 12.8. The molecule has 11 nitrogen and oxygen atoms in total. The zero-order valence-corrected chi connectivity index (χ0v) is 32.9. The van der Waals surface area contributed by atoms with E-state index in [0.717, 1.165) is 23.1 Å². The zero-order valence-electron chi connectivity index (χ0n) is 30.7. The molecule has 0 bridgehead atoms. The van der Waals surface area contributed by atoms with Crippen molar-refractivity contribution in [2.45, 2.75) is 65.2 Å². The summed E-state index contributed by atoms with van der Waals surface area (Å²) in [5, 5.41) is 20.0. The molecule has 6 aromatic rings. The van der Waals surface area contributed by atoms with Gasteiger partial charge in [0.25, 0.3) is 17.4 Å². The van der Waals surface area contributed by atoms with Gasteiger partial charge in [-0.25, -0.2) is 4.68 Å². The summed E-state index contributed by atoms with van der Waals surface area (Å²) < 4.78 is 7.24. The molecule has 0 spiro atoms. The highest BCUT2D eigenvalue weighted by molar-refractivity contribution is 6.40. The van der Waals surface area contributed by atoms with Gasteiger partial charge in [-0.3, -0.25) is 19.5 Å². The third-order valence-corrected chi connectivity index (χ3v) is 10.8. The van der Waals surface area contributed by atoms with Crippen LogP contribution in [0.2, 0.25) is 15.1 Å². The van der Waals surface area contributed by atoms with Gasteiger partial charge in [-0.1, -0.05) is 107 Å². The maximum Gasteiger partial charge on any atom is 0.281 e. The van der Waals surface area contributed by atoms with Crippen LogP contribution in [-0.2, 0) is 15.6 Å². The lowest BCUT2D eigenvalue weighted by Crippen LogP contribution is -2.24. The Morgan fingerprint density at radius 3 is 2.26 bits per heavy atom. The quantitative estimate of drug-likeness (QED) is 0.0971. The lowest BCUT2D eigenvalue weighted by molar-refractivity contribution is -0.118. The summed E-state index contributed by atoms with van der Waals surface area (Å²) in [5.74, 6) is -0.268. The Labute approximate surface area is 327 Å². The van der Waals surface area contributed by atoms with Crippen molar-refractivity contribution < 1.29 is 14.3 Å². The normalized spacial score (nSPS) is 11.9. The zero-order chi connectivity index (χ0) is 38.9. The minimum Gasteiger partial charge on any atom is -0.483 e. The van der Waals surface area contributed by atoms with Gasteiger partial charge in [0.05, 0.1) is 15.6 Å². The highest BCUT2D eigenvalue weighted by atomic mass is 35.5. The van der Waals surface area contributed by atoms with E-state index in [2.05, 4.69) is 84.8 Å². The fourth-order valence-electron chi connectivity index (χ4n) is 6.02. The number of anilines is 2. The van der Waals surface area contributed by atoms with Crippen LogP contribution in [0, 0.1) is 0 Å². The summed E-state index contributed by atoms with van der Waals surface area (Å²) in [6.07, 6.45) is 1.87. The second kappa shape index (κ2) is 15.3. The maximum absolute atomic E-state index is 14.1. The van der Waals surface area contributed by atoms with Gasteiger partial charge in [-0.15, -0.1) is 0 Å². The molecule has 14 heteroatoms. The number of nitrogens with zero attached hydrogens (tertiary/aromatic N) is 3. The molecule has 0 aliphatic carbocycles. The average Bonchev–Trinajstić information content (AvgIpc) is 3.74. The van der Waals surface area contributed by atoms with Gasteiger partial charge in [-0.05, 0) is 71.7 Å². The number of hydrogen-bond acceptors (Lipinski definition) is 6. The maximum atomic E-state index is 14.1. The number of fused-ring (bicyclic) bond motifs is 1. The van der Waals surface area contributed by atoms with Crippen LogP contribution in [0.5, 0.6) is 5.75 Å². The van der Waals surface area contributed by atoms with Crippen molar-refractivity contribution in [1.29, 1.82) is 0 Å². The van der Waals surface area contributed by atoms with Crippen LogP contribution < -0.4 is 20.9 Å². The molecule has 2 amide bonds. The predicted octanol–water partition coefficient (Wildman–Crippen LogP) is 9.71. The average molecular weight is 789 g/mol. The van der Waals surface area contributed by atoms with Gasteiger partial charge in [0.2, 0.25) is 0 Å². The molecule has 0 radical (unpaired) electrons. The van der Waals surface area contributed by atoms with E-state index in [9.17, 15) is 14.4 Å². The molecule has 280 valence electrons. The SMILES string of the molecule is CCC(C)(C)c1ccc(OCC(=O)Nc2cccc(C(=O)Nc3[nH]n(-c4c(Cl)cc(Cl)cc4Cl)c(=O)c3-c3cccc4n[nH]nc34)c2)c(C(C)(C)CC)c1. The monoisotopic (exact) mass is 787 g/mol. The number of carbonyl (C=O) groups excluding carboxylic acids is 2. The molecule has 2 heterocycles. The summed E-state index contributed by atoms with van der Waals surface area (Å²) in [5.41, 5.74) is 3.63. The molecule has 2 aromatic heterocycles. The second-order valence-electron chi connectivity index (χ2n) is 14.3. The third-order valence-electron chi connectivity index (χ3n) is 9.98. The largest absolute Gasteiger partial charge is 0.483 e. The van der Waals surface area contributed by atoms with Crippen LogP contribution in [0.4, 0.5) is 11.5 Å². The fourth-order valence-corrected chi connectivity index (χ4v) is 7.00. The van der Waals surface area contributed by atoms with Crippen molar-refractivity contribution in [2.24, 2.45) is 0 Å². The molecule has 0 atom stereocenters. The minimum absolute atomic E-state index is 0.00413. The van der Waals surface area contributed by atoms with Crippen molar-refractivity contribution in [3.05, 3.63) is 115 Å². The second-order valence-corrected chi connectivity index (χ2v) is 15.5. The highest BCUT2D eigenvalue weighted by Crippen LogP contribution is 2.39. The first-order chi connectivity index (χ1) is 25.6. The number of hydrogen-bond donors (Lipinski definition) is 4. The number of rotatable bonds is 12. The smallest absolute Gasteiger partial charge is 0.281 e. The Morgan fingerprint density at radius 1 is 0.852 bits per heavy atom. The molecule has 0 aliphatic rings. The number of nitrogens with one attached hydrogen (secondary N) is 4. The molecular formula is C40H40Cl3N7O4. The number of para-hydroxylation sites is 1.